The largest absolute Gasteiger partial charge is 0.384 e. The Hall–Kier alpha value is -3.18. The quantitative estimate of drug-likeness (QED) is 0.857. The molecule has 0 saturated heterocycles. The molecule has 0 saturated carbocycles. The van der Waals surface area contributed by atoms with Crippen molar-refractivity contribution in [3.63, 3.8) is 0 Å². The van der Waals surface area contributed by atoms with Crippen LogP contribution >= 0.6 is 0 Å². The molecule has 1 unspecified atom stereocenters. The molecule has 2 aliphatic heterocycles. The van der Waals surface area contributed by atoms with E-state index < -0.39 is 21.6 Å². The number of aromatic nitrogens is 1. The molecule has 1 aromatic carbocycles. The van der Waals surface area contributed by atoms with E-state index in [1.54, 1.807) is 29.4 Å². The Morgan fingerprint density at radius 2 is 1.85 bits per heavy atom. The smallest absolute Gasteiger partial charge is 0.177 e. The third-order valence-electron chi connectivity index (χ3n) is 4.81. The Morgan fingerprint density at radius 1 is 1.19 bits per heavy atom. The molecule has 8 heteroatoms. The predicted octanol–water partition coefficient (Wildman–Crippen LogP) is 2.55. The van der Waals surface area contributed by atoms with Gasteiger partial charge in [-0.1, -0.05) is 0 Å². The molecule has 0 amide bonds. The highest BCUT2D eigenvalue weighted by Gasteiger charge is 2.45. The van der Waals surface area contributed by atoms with Gasteiger partial charge in [0.25, 0.3) is 0 Å². The molecule has 4 rings (SSSR count). The van der Waals surface area contributed by atoms with E-state index in [-0.39, 0.29) is 28.5 Å². The van der Waals surface area contributed by atoms with Gasteiger partial charge in [-0.05, 0) is 42.0 Å². The summed E-state index contributed by atoms with van der Waals surface area (Å²) in [7, 11) is -3.56. The van der Waals surface area contributed by atoms with Gasteiger partial charge in [-0.2, -0.15) is 5.26 Å². The Kier molecular flexibility index (Phi) is 3.97. The number of benzene rings is 1. The lowest BCUT2D eigenvalue weighted by Gasteiger charge is -2.35. The standard InChI is InChI=1S/C19H15FN4O2S/c20-13-1-3-14(4-2-13)24-16-7-10-27(25,26)18(16)17(15(11-21)19(24)22)12-5-8-23-9-6-12/h1-6,8-9,17H,7,10,22H2. The fraction of sp³-hybridized carbons (Fsp3) is 0.158. The van der Waals surface area contributed by atoms with Crippen LogP contribution in [-0.4, -0.2) is 19.2 Å². The minimum atomic E-state index is -3.56. The first-order valence-corrected chi connectivity index (χ1v) is 9.90. The molecule has 2 aromatic rings. The van der Waals surface area contributed by atoms with Gasteiger partial charge in [-0.3, -0.25) is 9.88 Å². The van der Waals surface area contributed by atoms with Gasteiger partial charge in [-0.15, -0.1) is 0 Å². The van der Waals surface area contributed by atoms with Crippen molar-refractivity contribution >= 4 is 15.5 Å². The normalized spacial score (nSPS) is 21.2. The second kappa shape index (κ2) is 6.21. The van der Waals surface area contributed by atoms with Crippen molar-refractivity contribution in [3.05, 3.63) is 82.2 Å². The maximum Gasteiger partial charge on any atom is 0.177 e. The first kappa shape index (κ1) is 17.2. The Morgan fingerprint density at radius 3 is 2.48 bits per heavy atom. The van der Waals surface area contributed by atoms with E-state index in [4.69, 9.17) is 5.73 Å². The van der Waals surface area contributed by atoms with Crippen LogP contribution in [0.1, 0.15) is 17.9 Å². The van der Waals surface area contributed by atoms with Crippen LogP contribution in [0.5, 0.6) is 0 Å². The summed E-state index contributed by atoms with van der Waals surface area (Å²) >= 11 is 0. The summed E-state index contributed by atoms with van der Waals surface area (Å²) < 4.78 is 39.0. The van der Waals surface area contributed by atoms with Crippen LogP contribution in [0.3, 0.4) is 0 Å². The van der Waals surface area contributed by atoms with Crippen LogP contribution in [0.15, 0.2) is 70.8 Å². The number of allylic oxidation sites excluding steroid dienone is 3. The van der Waals surface area contributed by atoms with Gasteiger partial charge in [0, 0.05) is 30.2 Å². The van der Waals surface area contributed by atoms with Crippen molar-refractivity contribution in [2.75, 3.05) is 10.7 Å². The third-order valence-corrected chi connectivity index (χ3v) is 6.69. The van der Waals surface area contributed by atoms with E-state index in [2.05, 4.69) is 11.1 Å². The highest BCUT2D eigenvalue weighted by Crippen LogP contribution is 2.48. The average molecular weight is 382 g/mol. The predicted molar refractivity (Wildman–Crippen MR) is 98.1 cm³/mol. The molecule has 2 N–H and O–H groups in total. The summed E-state index contributed by atoms with van der Waals surface area (Å²) in [5.74, 6) is -1.08. The number of nitriles is 1. The number of halogens is 1. The molecule has 0 radical (unpaired) electrons. The van der Waals surface area contributed by atoms with Gasteiger partial charge < -0.3 is 5.73 Å². The molecule has 0 spiro atoms. The number of hydrogen-bond donors (Lipinski definition) is 1. The van der Waals surface area contributed by atoms with Gasteiger partial charge in [0.15, 0.2) is 9.84 Å². The van der Waals surface area contributed by atoms with Gasteiger partial charge in [0.05, 0.1) is 28.2 Å². The van der Waals surface area contributed by atoms with Crippen LogP contribution in [-0.2, 0) is 9.84 Å². The SMILES string of the molecule is N#CC1=C(N)N(c2ccc(F)cc2)C2=C(C1c1ccncc1)S(=O)(=O)CC2. The van der Waals surface area contributed by atoms with Crippen LogP contribution in [0.25, 0.3) is 0 Å². The van der Waals surface area contributed by atoms with E-state index in [1.165, 1.54) is 24.3 Å². The Balaban J connectivity index is 1.99. The molecule has 6 nitrogen and oxygen atoms in total. The average Bonchev–Trinajstić information content (AvgIpc) is 2.97. The van der Waals surface area contributed by atoms with E-state index >= 15 is 0 Å². The minimum absolute atomic E-state index is 0.0526. The second-order valence-corrected chi connectivity index (χ2v) is 8.39. The Labute approximate surface area is 156 Å². The molecule has 2 aliphatic rings. The first-order chi connectivity index (χ1) is 12.9. The minimum Gasteiger partial charge on any atom is -0.384 e. The summed E-state index contributed by atoms with van der Waals surface area (Å²) in [5.41, 5.74) is 8.15. The zero-order chi connectivity index (χ0) is 19.2. The first-order valence-electron chi connectivity index (χ1n) is 8.25. The molecular formula is C19H15FN4O2S. The third kappa shape index (κ3) is 2.67. The molecule has 1 aromatic heterocycles. The monoisotopic (exact) mass is 382 g/mol. The summed E-state index contributed by atoms with van der Waals surface area (Å²) in [4.78, 5) is 5.70. The van der Waals surface area contributed by atoms with Crippen LogP contribution < -0.4 is 10.6 Å². The molecule has 1 atom stereocenters. The van der Waals surface area contributed by atoms with Gasteiger partial charge in [-0.25, -0.2) is 12.8 Å². The van der Waals surface area contributed by atoms with Crippen molar-refractivity contribution in [3.8, 4) is 6.07 Å². The van der Waals surface area contributed by atoms with Crippen molar-refractivity contribution in [1.29, 1.82) is 5.26 Å². The van der Waals surface area contributed by atoms with E-state index in [1.807, 2.05) is 0 Å². The second-order valence-electron chi connectivity index (χ2n) is 6.32. The highest BCUT2D eigenvalue weighted by atomic mass is 32.2. The lowest BCUT2D eigenvalue weighted by Crippen LogP contribution is -2.34. The van der Waals surface area contributed by atoms with Crippen LogP contribution in [0.2, 0.25) is 0 Å². The van der Waals surface area contributed by atoms with E-state index in [0.29, 0.717) is 16.9 Å². The van der Waals surface area contributed by atoms with Gasteiger partial charge in [0.1, 0.15) is 11.6 Å². The summed E-state index contributed by atoms with van der Waals surface area (Å²) in [5, 5.41) is 9.78. The molecule has 0 aliphatic carbocycles. The summed E-state index contributed by atoms with van der Waals surface area (Å²) in [6.07, 6.45) is 3.37. The lowest BCUT2D eigenvalue weighted by atomic mass is 9.87. The molecule has 136 valence electrons. The van der Waals surface area contributed by atoms with Crippen LogP contribution in [0, 0.1) is 17.1 Å². The van der Waals surface area contributed by atoms with E-state index in [0.717, 1.165) is 0 Å². The zero-order valence-corrected chi connectivity index (χ0v) is 14.9. The molecular weight excluding hydrogens is 367 g/mol. The topological polar surface area (TPSA) is 100 Å². The maximum absolute atomic E-state index is 13.3. The summed E-state index contributed by atoms with van der Waals surface area (Å²) in [6.45, 7) is 0. The highest BCUT2D eigenvalue weighted by molar-refractivity contribution is 7.95. The van der Waals surface area contributed by atoms with Crippen molar-refractivity contribution in [2.24, 2.45) is 5.73 Å². The number of pyridine rings is 1. The van der Waals surface area contributed by atoms with Gasteiger partial charge in [0.2, 0.25) is 0 Å². The molecule has 3 heterocycles. The number of sulfone groups is 1. The van der Waals surface area contributed by atoms with Gasteiger partial charge >= 0.3 is 0 Å². The van der Waals surface area contributed by atoms with Crippen molar-refractivity contribution in [1.82, 2.24) is 4.98 Å². The fourth-order valence-corrected chi connectivity index (χ4v) is 5.48. The van der Waals surface area contributed by atoms with E-state index in [9.17, 15) is 18.1 Å². The molecule has 0 bridgehead atoms. The molecule has 27 heavy (non-hydrogen) atoms. The molecule has 0 fully saturated rings. The van der Waals surface area contributed by atoms with Crippen molar-refractivity contribution < 1.29 is 12.8 Å². The number of hydrogen-bond acceptors (Lipinski definition) is 6. The maximum atomic E-state index is 13.3. The number of rotatable bonds is 2. The number of nitrogens with two attached hydrogens (primary N) is 1. The number of nitrogens with zero attached hydrogens (tertiary/aromatic N) is 3. The Bertz CT molecular complexity index is 1120. The van der Waals surface area contributed by atoms with Crippen LogP contribution in [0.4, 0.5) is 10.1 Å². The summed E-state index contributed by atoms with van der Waals surface area (Å²) in [6, 6.07) is 11.0. The number of anilines is 1. The lowest BCUT2D eigenvalue weighted by molar-refractivity contribution is 0.602. The van der Waals surface area contributed by atoms with Crippen molar-refractivity contribution in [2.45, 2.75) is 12.3 Å². The fourth-order valence-electron chi connectivity index (χ4n) is 3.64. The zero-order valence-electron chi connectivity index (χ0n) is 14.1.